The van der Waals surface area contributed by atoms with Crippen LogP contribution in [0.1, 0.15) is 11.1 Å². The third kappa shape index (κ3) is 3.64. The highest BCUT2D eigenvalue weighted by atomic mass is 79.9. The van der Waals surface area contributed by atoms with Gasteiger partial charge in [-0.3, -0.25) is 0 Å². The maximum atomic E-state index is 13.7. The molecular formula is C14H11BrCl2FNO. The molecule has 6 heteroatoms. The van der Waals surface area contributed by atoms with Gasteiger partial charge in [-0.25, -0.2) is 4.39 Å². The Bertz CT molecular complexity index is 637. The molecule has 0 amide bonds. The van der Waals surface area contributed by atoms with Crippen LogP contribution in [-0.2, 0) is 13.2 Å². The van der Waals surface area contributed by atoms with Crippen molar-refractivity contribution in [1.82, 2.24) is 0 Å². The van der Waals surface area contributed by atoms with Crippen LogP contribution in [0.4, 0.5) is 4.39 Å². The van der Waals surface area contributed by atoms with Crippen molar-refractivity contribution in [2.75, 3.05) is 0 Å². The molecule has 0 radical (unpaired) electrons. The first kappa shape index (κ1) is 15.6. The van der Waals surface area contributed by atoms with Crippen molar-refractivity contribution < 1.29 is 9.13 Å². The van der Waals surface area contributed by atoms with Crippen LogP contribution in [0.5, 0.6) is 5.75 Å². The minimum absolute atomic E-state index is 0.0529. The third-order valence-corrected chi connectivity index (χ3v) is 4.20. The van der Waals surface area contributed by atoms with Crippen LogP contribution in [0.25, 0.3) is 0 Å². The summed E-state index contributed by atoms with van der Waals surface area (Å²) in [5.74, 6) is 0.0546. The van der Waals surface area contributed by atoms with Crippen molar-refractivity contribution >= 4 is 39.1 Å². The Hall–Kier alpha value is -0.810. The summed E-state index contributed by atoms with van der Waals surface area (Å²) in [6, 6.07) is 7.90. The minimum Gasteiger partial charge on any atom is -0.487 e. The van der Waals surface area contributed by atoms with Crippen molar-refractivity contribution in [2.45, 2.75) is 13.2 Å². The Kier molecular flexibility index (Phi) is 5.27. The zero-order valence-corrected chi connectivity index (χ0v) is 13.4. The van der Waals surface area contributed by atoms with Crippen molar-refractivity contribution in [3.05, 3.63) is 61.8 Å². The lowest BCUT2D eigenvalue weighted by molar-refractivity contribution is 0.300. The first-order valence-electron chi connectivity index (χ1n) is 5.76. The second kappa shape index (κ2) is 6.76. The Morgan fingerprint density at radius 1 is 1.15 bits per heavy atom. The number of benzene rings is 2. The second-order valence-electron chi connectivity index (χ2n) is 4.12. The van der Waals surface area contributed by atoms with Crippen LogP contribution in [0.3, 0.4) is 0 Å². The lowest BCUT2D eigenvalue weighted by atomic mass is 10.1. The molecule has 0 aliphatic rings. The lowest BCUT2D eigenvalue weighted by Gasteiger charge is -2.11. The highest BCUT2D eigenvalue weighted by molar-refractivity contribution is 9.10. The molecule has 2 nitrogen and oxygen atoms in total. The number of halogens is 4. The molecule has 0 bridgehead atoms. The summed E-state index contributed by atoms with van der Waals surface area (Å²) in [5, 5.41) is 0.872. The molecule has 2 N–H and O–H groups in total. The summed E-state index contributed by atoms with van der Waals surface area (Å²) in [6.45, 7) is 0.398. The zero-order chi connectivity index (χ0) is 14.7. The summed E-state index contributed by atoms with van der Waals surface area (Å²) in [5.41, 5.74) is 6.79. The van der Waals surface area contributed by atoms with Crippen LogP contribution in [0.2, 0.25) is 10.0 Å². The molecule has 20 heavy (non-hydrogen) atoms. The predicted octanol–water partition coefficient (Wildman–Crippen LogP) is 4.93. The zero-order valence-electron chi connectivity index (χ0n) is 10.3. The van der Waals surface area contributed by atoms with Crippen LogP contribution >= 0.6 is 39.1 Å². The second-order valence-corrected chi connectivity index (χ2v) is 5.78. The highest BCUT2D eigenvalue weighted by Crippen LogP contribution is 2.34. The molecule has 0 spiro atoms. The van der Waals surface area contributed by atoms with Gasteiger partial charge in [0.1, 0.15) is 18.2 Å². The van der Waals surface area contributed by atoms with Crippen LogP contribution in [0, 0.1) is 5.82 Å². The van der Waals surface area contributed by atoms with E-state index in [1.165, 1.54) is 6.07 Å². The van der Waals surface area contributed by atoms with E-state index in [0.29, 0.717) is 32.4 Å². The van der Waals surface area contributed by atoms with E-state index in [1.807, 2.05) is 0 Å². The van der Waals surface area contributed by atoms with Gasteiger partial charge in [0.25, 0.3) is 0 Å². The standard InChI is InChI=1S/C14H11BrCl2FNO/c15-10-4-12(17)14(5-11(10)16)20-7-9-3-8(6-19)1-2-13(9)18/h1-5H,6-7,19H2. The fraction of sp³-hybridized carbons (Fsp3) is 0.143. The van der Waals surface area contributed by atoms with Crippen LogP contribution in [0.15, 0.2) is 34.8 Å². The van der Waals surface area contributed by atoms with E-state index >= 15 is 0 Å². The van der Waals surface area contributed by atoms with Gasteiger partial charge < -0.3 is 10.5 Å². The fourth-order valence-electron chi connectivity index (χ4n) is 1.64. The quantitative estimate of drug-likeness (QED) is 0.765. The van der Waals surface area contributed by atoms with Gasteiger partial charge in [-0.2, -0.15) is 0 Å². The molecule has 0 unspecified atom stereocenters. The molecule has 0 saturated heterocycles. The number of nitrogens with two attached hydrogens (primary N) is 1. The molecule has 0 aliphatic heterocycles. The molecule has 106 valence electrons. The summed E-state index contributed by atoms with van der Waals surface area (Å²) in [4.78, 5) is 0. The molecular weight excluding hydrogens is 368 g/mol. The smallest absolute Gasteiger partial charge is 0.139 e. The van der Waals surface area contributed by atoms with Gasteiger partial charge in [0.15, 0.2) is 0 Å². The summed E-state index contributed by atoms with van der Waals surface area (Å²) in [6.07, 6.45) is 0. The van der Waals surface area contributed by atoms with Gasteiger partial charge in [0.05, 0.1) is 10.0 Å². The number of rotatable bonds is 4. The average Bonchev–Trinajstić information content (AvgIpc) is 2.43. The lowest BCUT2D eigenvalue weighted by Crippen LogP contribution is -2.03. The number of hydrogen-bond donors (Lipinski definition) is 1. The molecule has 0 aliphatic carbocycles. The highest BCUT2D eigenvalue weighted by Gasteiger charge is 2.09. The van der Waals surface area contributed by atoms with E-state index in [9.17, 15) is 4.39 Å². The van der Waals surface area contributed by atoms with E-state index in [1.54, 1.807) is 24.3 Å². The Morgan fingerprint density at radius 3 is 2.60 bits per heavy atom. The van der Waals surface area contributed by atoms with Gasteiger partial charge in [-0.15, -0.1) is 0 Å². The van der Waals surface area contributed by atoms with Gasteiger partial charge >= 0.3 is 0 Å². The van der Waals surface area contributed by atoms with Crippen molar-refractivity contribution in [2.24, 2.45) is 5.73 Å². The van der Waals surface area contributed by atoms with Gasteiger partial charge in [-0.1, -0.05) is 29.3 Å². The van der Waals surface area contributed by atoms with E-state index in [-0.39, 0.29) is 12.4 Å². The van der Waals surface area contributed by atoms with Crippen LogP contribution in [-0.4, -0.2) is 0 Å². The molecule has 0 heterocycles. The molecule has 0 aromatic heterocycles. The molecule has 2 aromatic rings. The van der Waals surface area contributed by atoms with Crippen LogP contribution < -0.4 is 10.5 Å². The van der Waals surface area contributed by atoms with Gasteiger partial charge in [-0.05, 0) is 39.7 Å². The average molecular weight is 379 g/mol. The molecule has 2 rings (SSSR count). The maximum Gasteiger partial charge on any atom is 0.139 e. The normalized spacial score (nSPS) is 10.7. The molecule has 0 fully saturated rings. The Morgan fingerprint density at radius 2 is 1.90 bits per heavy atom. The molecule has 0 saturated carbocycles. The summed E-state index contributed by atoms with van der Waals surface area (Å²) < 4.78 is 19.9. The Labute approximate surface area is 134 Å². The predicted molar refractivity (Wildman–Crippen MR) is 82.8 cm³/mol. The maximum absolute atomic E-state index is 13.7. The fourth-order valence-corrected chi connectivity index (χ4v) is 2.48. The topological polar surface area (TPSA) is 35.2 Å². The number of ether oxygens (including phenoxy) is 1. The van der Waals surface area contributed by atoms with Crippen molar-refractivity contribution in [3.63, 3.8) is 0 Å². The SMILES string of the molecule is NCc1ccc(F)c(COc2cc(Cl)c(Br)cc2Cl)c1. The monoisotopic (exact) mass is 377 g/mol. The van der Waals surface area contributed by atoms with E-state index in [0.717, 1.165) is 5.56 Å². The molecule has 0 atom stereocenters. The first-order valence-corrected chi connectivity index (χ1v) is 7.31. The van der Waals surface area contributed by atoms with Gasteiger partial charge in [0.2, 0.25) is 0 Å². The summed E-state index contributed by atoms with van der Waals surface area (Å²) >= 11 is 15.3. The molecule has 2 aromatic carbocycles. The van der Waals surface area contributed by atoms with E-state index in [2.05, 4.69) is 15.9 Å². The Balaban J connectivity index is 2.18. The largest absolute Gasteiger partial charge is 0.487 e. The van der Waals surface area contributed by atoms with Crippen molar-refractivity contribution in [1.29, 1.82) is 0 Å². The minimum atomic E-state index is -0.346. The third-order valence-electron chi connectivity index (χ3n) is 2.70. The number of hydrogen-bond acceptors (Lipinski definition) is 2. The van der Waals surface area contributed by atoms with Crippen molar-refractivity contribution in [3.8, 4) is 5.75 Å². The van der Waals surface area contributed by atoms with E-state index in [4.69, 9.17) is 33.7 Å². The first-order chi connectivity index (χ1) is 9.51. The van der Waals surface area contributed by atoms with E-state index < -0.39 is 0 Å². The van der Waals surface area contributed by atoms with Gasteiger partial charge in [0, 0.05) is 22.6 Å². The summed E-state index contributed by atoms with van der Waals surface area (Å²) in [7, 11) is 0.